The van der Waals surface area contributed by atoms with E-state index in [1.807, 2.05) is 36.4 Å². The number of aromatic amines is 1. The van der Waals surface area contributed by atoms with E-state index in [2.05, 4.69) is 15.1 Å². The van der Waals surface area contributed by atoms with Gasteiger partial charge in [-0.2, -0.15) is 10.2 Å². The summed E-state index contributed by atoms with van der Waals surface area (Å²) in [5.41, 5.74) is 2.06. The molecule has 21 heavy (non-hydrogen) atoms. The Morgan fingerprint density at radius 3 is 2.81 bits per heavy atom. The number of aromatic nitrogens is 3. The smallest absolute Gasteiger partial charge is 0.259 e. The number of hydrogen-bond donors (Lipinski definition) is 1. The molecule has 0 saturated carbocycles. The van der Waals surface area contributed by atoms with Gasteiger partial charge in [-0.25, -0.2) is 0 Å². The maximum atomic E-state index is 8.81. The number of rotatable bonds is 4. The molecule has 0 radical (unpaired) electrons. The van der Waals surface area contributed by atoms with Crippen molar-refractivity contribution < 1.29 is 9.26 Å². The normalized spacial score (nSPS) is 12.0. The molecule has 0 aliphatic rings. The van der Waals surface area contributed by atoms with Crippen molar-refractivity contribution in [2.45, 2.75) is 6.10 Å². The standard InChI is InChI=1S/C15H12N4O2/c1-20-13(10-5-3-2-4-6-10)14-18-15(21-19-14)11-7-12(8-16)17-9-11/h2-7,9,13,17H,1H3. The molecule has 3 rings (SSSR count). The average molecular weight is 280 g/mol. The fourth-order valence-electron chi connectivity index (χ4n) is 2.06. The molecule has 1 unspecified atom stereocenters. The van der Waals surface area contributed by atoms with Gasteiger partial charge in [0.05, 0.1) is 5.56 Å². The Morgan fingerprint density at radius 1 is 1.33 bits per heavy atom. The highest BCUT2D eigenvalue weighted by Crippen LogP contribution is 2.25. The van der Waals surface area contributed by atoms with Gasteiger partial charge in [-0.05, 0) is 11.6 Å². The van der Waals surface area contributed by atoms with Crippen LogP contribution in [0, 0.1) is 11.3 Å². The van der Waals surface area contributed by atoms with Gasteiger partial charge in [-0.3, -0.25) is 0 Å². The molecule has 2 aromatic heterocycles. The van der Waals surface area contributed by atoms with Gasteiger partial charge in [0.2, 0.25) is 5.82 Å². The average Bonchev–Trinajstić information content (AvgIpc) is 3.18. The van der Waals surface area contributed by atoms with Crippen molar-refractivity contribution in [3.05, 3.63) is 59.7 Å². The number of nitrogens with zero attached hydrogens (tertiary/aromatic N) is 3. The molecule has 1 atom stereocenters. The van der Waals surface area contributed by atoms with Crippen molar-refractivity contribution in [3.63, 3.8) is 0 Å². The molecule has 3 aromatic rings. The quantitative estimate of drug-likeness (QED) is 0.793. The van der Waals surface area contributed by atoms with Crippen LogP contribution in [-0.2, 0) is 4.74 Å². The molecule has 0 fully saturated rings. The van der Waals surface area contributed by atoms with Crippen LogP contribution in [0.1, 0.15) is 23.2 Å². The molecule has 2 heterocycles. The van der Waals surface area contributed by atoms with Crippen LogP contribution in [-0.4, -0.2) is 22.2 Å². The summed E-state index contributed by atoms with van der Waals surface area (Å²) in [6.07, 6.45) is 1.26. The van der Waals surface area contributed by atoms with Crippen molar-refractivity contribution in [1.82, 2.24) is 15.1 Å². The van der Waals surface area contributed by atoms with Crippen LogP contribution in [0.4, 0.5) is 0 Å². The lowest BCUT2D eigenvalue weighted by Crippen LogP contribution is -2.05. The van der Waals surface area contributed by atoms with E-state index in [-0.39, 0.29) is 0 Å². The minimum atomic E-state index is -0.391. The number of ether oxygens (including phenoxy) is 1. The van der Waals surface area contributed by atoms with Crippen molar-refractivity contribution >= 4 is 0 Å². The molecule has 0 aliphatic heterocycles. The highest BCUT2D eigenvalue weighted by atomic mass is 16.5. The van der Waals surface area contributed by atoms with E-state index in [1.165, 1.54) is 0 Å². The lowest BCUT2D eigenvalue weighted by atomic mass is 10.1. The summed E-state index contributed by atoms with van der Waals surface area (Å²) in [7, 11) is 1.60. The van der Waals surface area contributed by atoms with Gasteiger partial charge in [0.25, 0.3) is 5.89 Å². The lowest BCUT2D eigenvalue weighted by molar-refractivity contribution is 0.126. The summed E-state index contributed by atoms with van der Waals surface area (Å²) in [4.78, 5) is 7.16. The first-order chi connectivity index (χ1) is 10.3. The maximum absolute atomic E-state index is 8.81. The number of nitriles is 1. The van der Waals surface area contributed by atoms with E-state index in [9.17, 15) is 0 Å². The number of H-pyrrole nitrogens is 1. The molecule has 0 saturated heterocycles. The van der Waals surface area contributed by atoms with E-state index in [4.69, 9.17) is 14.5 Å². The fraction of sp³-hybridized carbons (Fsp3) is 0.133. The largest absolute Gasteiger partial charge is 0.369 e. The van der Waals surface area contributed by atoms with Crippen molar-refractivity contribution in [2.24, 2.45) is 0 Å². The van der Waals surface area contributed by atoms with E-state index < -0.39 is 6.10 Å². The number of hydrogen-bond acceptors (Lipinski definition) is 5. The third-order valence-corrected chi connectivity index (χ3v) is 3.06. The molecule has 6 nitrogen and oxygen atoms in total. The zero-order valence-corrected chi connectivity index (χ0v) is 11.3. The Hall–Kier alpha value is -2.91. The third kappa shape index (κ3) is 2.55. The fourth-order valence-corrected chi connectivity index (χ4v) is 2.06. The molecule has 0 bridgehead atoms. The molecule has 0 amide bonds. The van der Waals surface area contributed by atoms with Crippen LogP contribution >= 0.6 is 0 Å². The molecule has 1 aromatic carbocycles. The third-order valence-electron chi connectivity index (χ3n) is 3.06. The molecular weight excluding hydrogens is 268 g/mol. The first-order valence-electron chi connectivity index (χ1n) is 6.32. The second kappa shape index (κ2) is 5.61. The molecule has 1 N–H and O–H groups in total. The molecule has 0 spiro atoms. The second-order valence-electron chi connectivity index (χ2n) is 4.40. The van der Waals surface area contributed by atoms with Gasteiger partial charge >= 0.3 is 0 Å². The summed E-state index contributed by atoms with van der Waals surface area (Å²) >= 11 is 0. The predicted molar refractivity (Wildman–Crippen MR) is 74.1 cm³/mol. The Balaban J connectivity index is 1.92. The summed E-state index contributed by atoms with van der Waals surface area (Å²) in [6, 6.07) is 13.3. The van der Waals surface area contributed by atoms with E-state index >= 15 is 0 Å². The Morgan fingerprint density at radius 2 is 2.14 bits per heavy atom. The summed E-state index contributed by atoms with van der Waals surface area (Å²) in [6.45, 7) is 0. The highest BCUT2D eigenvalue weighted by Gasteiger charge is 2.20. The molecule has 6 heteroatoms. The van der Waals surface area contributed by atoms with Crippen molar-refractivity contribution in [2.75, 3.05) is 7.11 Å². The Bertz CT molecular complexity index is 770. The number of methoxy groups -OCH3 is 1. The van der Waals surface area contributed by atoms with Gasteiger partial charge in [0.1, 0.15) is 17.9 Å². The number of nitrogens with one attached hydrogen (secondary N) is 1. The SMILES string of the molecule is COC(c1ccccc1)c1noc(-c2c[nH]c(C#N)c2)n1. The topological polar surface area (TPSA) is 87.7 Å². The van der Waals surface area contributed by atoms with Crippen molar-refractivity contribution in [3.8, 4) is 17.5 Å². The van der Waals surface area contributed by atoms with E-state index in [0.717, 1.165) is 5.56 Å². The van der Waals surface area contributed by atoms with Crippen molar-refractivity contribution in [1.29, 1.82) is 5.26 Å². The van der Waals surface area contributed by atoms with Crippen LogP contribution in [0.15, 0.2) is 47.1 Å². The zero-order chi connectivity index (χ0) is 14.7. The first-order valence-corrected chi connectivity index (χ1v) is 6.32. The molecule has 0 aliphatic carbocycles. The predicted octanol–water partition coefficient (Wildman–Crippen LogP) is 2.67. The second-order valence-corrected chi connectivity index (χ2v) is 4.40. The van der Waals surface area contributed by atoms with Gasteiger partial charge in [0, 0.05) is 13.3 Å². The van der Waals surface area contributed by atoms with E-state index in [0.29, 0.717) is 23.0 Å². The minimum Gasteiger partial charge on any atom is -0.369 e. The maximum Gasteiger partial charge on any atom is 0.259 e. The number of benzene rings is 1. The minimum absolute atomic E-state index is 0.348. The molecule has 104 valence electrons. The van der Waals surface area contributed by atoms with Gasteiger partial charge < -0.3 is 14.2 Å². The first kappa shape index (κ1) is 13.1. The monoisotopic (exact) mass is 280 g/mol. The summed E-state index contributed by atoms with van der Waals surface area (Å²) in [5.74, 6) is 0.791. The van der Waals surface area contributed by atoms with Crippen LogP contribution < -0.4 is 0 Å². The van der Waals surface area contributed by atoms with Gasteiger partial charge in [0.15, 0.2) is 0 Å². The molecular formula is C15H12N4O2. The van der Waals surface area contributed by atoms with Crippen LogP contribution in [0.3, 0.4) is 0 Å². The Kier molecular flexibility index (Phi) is 3.50. The Labute approximate surface area is 121 Å². The summed E-state index contributed by atoms with van der Waals surface area (Å²) in [5, 5.41) is 12.8. The van der Waals surface area contributed by atoms with Crippen LogP contribution in [0.2, 0.25) is 0 Å². The van der Waals surface area contributed by atoms with Crippen LogP contribution in [0.5, 0.6) is 0 Å². The summed E-state index contributed by atoms with van der Waals surface area (Å²) < 4.78 is 10.7. The lowest BCUT2D eigenvalue weighted by Gasteiger charge is -2.10. The van der Waals surface area contributed by atoms with Gasteiger partial charge in [-0.15, -0.1) is 0 Å². The van der Waals surface area contributed by atoms with Crippen LogP contribution in [0.25, 0.3) is 11.5 Å². The van der Waals surface area contributed by atoms with Gasteiger partial charge in [-0.1, -0.05) is 35.5 Å². The van der Waals surface area contributed by atoms with E-state index in [1.54, 1.807) is 19.4 Å². The highest BCUT2D eigenvalue weighted by molar-refractivity contribution is 5.54. The zero-order valence-electron chi connectivity index (χ0n) is 11.3.